The summed E-state index contributed by atoms with van der Waals surface area (Å²) in [6.07, 6.45) is 1.21. The molecule has 0 unspecified atom stereocenters. The Labute approximate surface area is 157 Å². The Balaban J connectivity index is 2.17. The maximum atomic E-state index is 13.1. The van der Waals surface area contributed by atoms with E-state index in [-0.39, 0.29) is 11.3 Å². The second-order valence-corrected chi connectivity index (χ2v) is 9.62. The summed E-state index contributed by atoms with van der Waals surface area (Å²) in [6, 6.07) is 13.0. The Kier molecular flexibility index (Phi) is 5.20. The topological polar surface area (TPSA) is 69.0 Å². The molecule has 0 aliphatic rings. The van der Waals surface area contributed by atoms with Crippen molar-refractivity contribution in [3.63, 3.8) is 0 Å². The SMILES string of the molecule is Cc1ccc(-n2c(SCCS(C)(=O)=O)nc3ccccc3c2=O)cc1C. The van der Waals surface area contributed by atoms with Gasteiger partial charge in [0.2, 0.25) is 0 Å². The molecule has 0 fully saturated rings. The zero-order valence-electron chi connectivity index (χ0n) is 14.9. The van der Waals surface area contributed by atoms with Crippen molar-refractivity contribution in [1.29, 1.82) is 0 Å². The minimum atomic E-state index is -3.07. The van der Waals surface area contributed by atoms with Gasteiger partial charge in [0.25, 0.3) is 5.56 Å². The molecule has 136 valence electrons. The third-order valence-corrected chi connectivity index (χ3v) is 6.32. The van der Waals surface area contributed by atoms with Crippen LogP contribution in [0.1, 0.15) is 11.1 Å². The van der Waals surface area contributed by atoms with Gasteiger partial charge in [-0.1, -0.05) is 30.0 Å². The van der Waals surface area contributed by atoms with Crippen LogP contribution in [0.5, 0.6) is 0 Å². The van der Waals surface area contributed by atoms with Gasteiger partial charge < -0.3 is 0 Å². The molecular formula is C19H20N2O3S2. The smallest absolute Gasteiger partial charge is 0.266 e. The summed E-state index contributed by atoms with van der Waals surface area (Å²) in [4.78, 5) is 17.7. The van der Waals surface area contributed by atoms with E-state index in [1.165, 1.54) is 18.0 Å². The van der Waals surface area contributed by atoms with Crippen LogP contribution in [-0.2, 0) is 9.84 Å². The molecule has 1 heterocycles. The number of benzene rings is 2. The summed E-state index contributed by atoms with van der Waals surface area (Å²) in [7, 11) is -3.07. The largest absolute Gasteiger partial charge is 0.268 e. The number of hydrogen-bond acceptors (Lipinski definition) is 5. The van der Waals surface area contributed by atoms with Crippen LogP contribution >= 0.6 is 11.8 Å². The van der Waals surface area contributed by atoms with Crippen LogP contribution in [0.2, 0.25) is 0 Å². The van der Waals surface area contributed by atoms with Gasteiger partial charge in [0.15, 0.2) is 5.16 Å². The summed E-state index contributed by atoms with van der Waals surface area (Å²) in [6.45, 7) is 4.01. The molecule has 0 bridgehead atoms. The molecule has 0 aliphatic carbocycles. The Hall–Kier alpha value is -2.12. The Bertz CT molecular complexity index is 1140. The van der Waals surface area contributed by atoms with Gasteiger partial charge in [-0.15, -0.1) is 0 Å². The van der Waals surface area contributed by atoms with Gasteiger partial charge in [0.1, 0.15) is 9.84 Å². The number of nitrogens with zero attached hydrogens (tertiary/aromatic N) is 2. The molecule has 0 N–H and O–H groups in total. The number of fused-ring (bicyclic) bond motifs is 1. The fraction of sp³-hybridized carbons (Fsp3) is 0.263. The van der Waals surface area contributed by atoms with Gasteiger partial charge in [-0.2, -0.15) is 0 Å². The normalized spacial score (nSPS) is 11.8. The van der Waals surface area contributed by atoms with Crippen molar-refractivity contribution in [2.24, 2.45) is 0 Å². The average molecular weight is 389 g/mol. The van der Waals surface area contributed by atoms with Crippen LogP contribution in [-0.4, -0.2) is 35.7 Å². The third kappa shape index (κ3) is 3.99. The second-order valence-electron chi connectivity index (χ2n) is 6.30. The highest BCUT2D eigenvalue weighted by atomic mass is 32.2. The average Bonchev–Trinajstić information content (AvgIpc) is 2.57. The van der Waals surface area contributed by atoms with Gasteiger partial charge >= 0.3 is 0 Å². The molecule has 7 heteroatoms. The fourth-order valence-corrected chi connectivity index (χ4v) is 4.79. The molecule has 3 aromatic rings. The van der Waals surface area contributed by atoms with E-state index in [4.69, 9.17) is 0 Å². The molecule has 0 amide bonds. The number of sulfone groups is 1. The molecule has 5 nitrogen and oxygen atoms in total. The van der Waals surface area contributed by atoms with Gasteiger partial charge in [-0.05, 0) is 49.2 Å². The molecule has 3 rings (SSSR count). The van der Waals surface area contributed by atoms with Gasteiger partial charge in [0, 0.05) is 12.0 Å². The van der Waals surface area contributed by atoms with E-state index < -0.39 is 9.84 Å². The number of aryl methyl sites for hydroxylation is 2. The van der Waals surface area contributed by atoms with E-state index in [1.54, 1.807) is 16.7 Å². The van der Waals surface area contributed by atoms with E-state index in [2.05, 4.69) is 4.98 Å². The lowest BCUT2D eigenvalue weighted by molar-refractivity contribution is 0.603. The van der Waals surface area contributed by atoms with E-state index in [0.29, 0.717) is 21.8 Å². The van der Waals surface area contributed by atoms with E-state index in [1.807, 2.05) is 44.2 Å². The lowest BCUT2D eigenvalue weighted by atomic mass is 10.1. The summed E-state index contributed by atoms with van der Waals surface area (Å²) in [5.74, 6) is 0.377. The Morgan fingerprint density at radius 2 is 1.81 bits per heavy atom. The van der Waals surface area contributed by atoms with Crippen LogP contribution in [0.15, 0.2) is 52.4 Å². The molecule has 0 spiro atoms. The zero-order chi connectivity index (χ0) is 18.9. The molecule has 0 saturated heterocycles. The molecule has 0 atom stereocenters. The van der Waals surface area contributed by atoms with Crippen LogP contribution < -0.4 is 5.56 Å². The highest BCUT2D eigenvalue weighted by Crippen LogP contribution is 2.22. The highest BCUT2D eigenvalue weighted by Gasteiger charge is 2.14. The van der Waals surface area contributed by atoms with Crippen LogP contribution in [0, 0.1) is 13.8 Å². The van der Waals surface area contributed by atoms with E-state index in [0.717, 1.165) is 16.8 Å². The minimum Gasteiger partial charge on any atom is -0.268 e. The first-order valence-corrected chi connectivity index (χ1v) is 11.2. The lowest BCUT2D eigenvalue weighted by Gasteiger charge is -2.14. The van der Waals surface area contributed by atoms with Gasteiger partial charge in [-0.25, -0.2) is 13.4 Å². The Morgan fingerprint density at radius 3 is 2.50 bits per heavy atom. The van der Waals surface area contributed by atoms with Crippen molar-refractivity contribution in [3.05, 3.63) is 63.9 Å². The maximum absolute atomic E-state index is 13.1. The third-order valence-electron chi connectivity index (χ3n) is 4.18. The van der Waals surface area contributed by atoms with Crippen molar-refractivity contribution in [3.8, 4) is 5.69 Å². The van der Waals surface area contributed by atoms with Crippen molar-refractivity contribution >= 4 is 32.5 Å². The molecular weight excluding hydrogens is 368 g/mol. The van der Waals surface area contributed by atoms with Crippen molar-refractivity contribution in [1.82, 2.24) is 9.55 Å². The number of rotatable bonds is 5. The quantitative estimate of drug-likeness (QED) is 0.496. The van der Waals surface area contributed by atoms with Crippen LogP contribution in [0.4, 0.5) is 0 Å². The molecule has 1 aromatic heterocycles. The van der Waals surface area contributed by atoms with Crippen LogP contribution in [0.25, 0.3) is 16.6 Å². The minimum absolute atomic E-state index is 0.0350. The standard InChI is InChI=1S/C19H20N2O3S2/c1-13-8-9-15(12-14(13)2)21-18(22)16-6-4-5-7-17(16)20-19(21)25-10-11-26(3,23)24/h4-9,12H,10-11H2,1-3H3. The van der Waals surface area contributed by atoms with Crippen LogP contribution in [0.3, 0.4) is 0 Å². The first-order valence-electron chi connectivity index (χ1n) is 8.16. The molecule has 0 radical (unpaired) electrons. The van der Waals surface area contributed by atoms with E-state index in [9.17, 15) is 13.2 Å². The molecule has 0 saturated carbocycles. The second kappa shape index (κ2) is 7.25. The summed E-state index contributed by atoms with van der Waals surface area (Å²) in [5, 5.41) is 1.04. The number of para-hydroxylation sites is 1. The molecule has 0 aliphatic heterocycles. The summed E-state index contributed by atoms with van der Waals surface area (Å²) >= 11 is 1.28. The van der Waals surface area contributed by atoms with Gasteiger partial charge in [0.05, 0.1) is 22.3 Å². The zero-order valence-corrected chi connectivity index (χ0v) is 16.5. The number of aromatic nitrogens is 2. The summed E-state index contributed by atoms with van der Waals surface area (Å²) < 4.78 is 24.4. The Morgan fingerprint density at radius 1 is 1.08 bits per heavy atom. The van der Waals surface area contributed by atoms with Crippen molar-refractivity contribution in [2.75, 3.05) is 17.8 Å². The maximum Gasteiger partial charge on any atom is 0.266 e. The van der Waals surface area contributed by atoms with Crippen molar-refractivity contribution < 1.29 is 8.42 Å². The molecule has 26 heavy (non-hydrogen) atoms. The fourth-order valence-electron chi connectivity index (χ4n) is 2.59. The number of thioether (sulfide) groups is 1. The van der Waals surface area contributed by atoms with E-state index >= 15 is 0 Å². The predicted molar refractivity (Wildman–Crippen MR) is 107 cm³/mol. The predicted octanol–water partition coefficient (Wildman–Crippen LogP) is 3.14. The summed E-state index contributed by atoms with van der Waals surface area (Å²) in [5.41, 5.74) is 3.41. The highest BCUT2D eigenvalue weighted by molar-refractivity contribution is 8.00. The first kappa shape index (κ1) is 18.7. The van der Waals surface area contributed by atoms with Crippen molar-refractivity contribution in [2.45, 2.75) is 19.0 Å². The van der Waals surface area contributed by atoms with Gasteiger partial charge in [-0.3, -0.25) is 9.36 Å². The number of hydrogen-bond donors (Lipinski definition) is 0. The lowest BCUT2D eigenvalue weighted by Crippen LogP contribution is -2.22. The molecule has 2 aromatic carbocycles. The first-order chi connectivity index (χ1) is 12.3. The monoisotopic (exact) mass is 388 g/mol.